The van der Waals surface area contributed by atoms with Crippen LogP contribution >= 0.6 is 0 Å². The van der Waals surface area contributed by atoms with Gasteiger partial charge in [0.2, 0.25) is 0 Å². The van der Waals surface area contributed by atoms with Crippen LogP contribution in [0.15, 0.2) is 30.3 Å². The third-order valence-electron chi connectivity index (χ3n) is 3.28. The largest absolute Gasteiger partial charge is 0.320 e. The monoisotopic (exact) mass is 287 g/mol. The molecule has 1 aromatic heterocycles. The molecule has 5 nitrogen and oxygen atoms in total. The SMILES string of the molecule is CNCCCNCc1nn(C(C)C)nc1-c1ccccc1. The van der Waals surface area contributed by atoms with E-state index in [1.807, 2.05) is 25.2 Å². The van der Waals surface area contributed by atoms with E-state index in [1.165, 1.54) is 0 Å². The molecule has 0 fully saturated rings. The van der Waals surface area contributed by atoms with Crippen molar-refractivity contribution in [3.05, 3.63) is 36.0 Å². The van der Waals surface area contributed by atoms with Crippen LogP contribution in [-0.4, -0.2) is 35.1 Å². The molecule has 0 bridgehead atoms. The van der Waals surface area contributed by atoms with Crippen molar-refractivity contribution < 1.29 is 0 Å². The van der Waals surface area contributed by atoms with Gasteiger partial charge in [-0.3, -0.25) is 0 Å². The van der Waals surface area contributed by atoms with Gasteiger partial charge in [-0.05, 0) is 40.4 Å². The molecule has 0 spiro atoms. The number of hydrogen-bond donors (Lipinski definition) is 2. The van der Waals surface area contributed by atoms with Crippen molar-refractivity contribution >= 4 is 0 Å². The van der Waals surface area contributed by atoms with Gasteiger partial charge in [0.15, 0.2) is 0 Å². The summed E-state index contributed by atoms with van der Waals surface area (Å²) in [4.78, 5) is 1.80. The average Bonchev–Trinajstić information content (AvgIpc) is 2.92. The van der Waals surface area contributed by atoms with Crippen LogP contribution in [0.4, 0.5) is 0 Å². The Labute approximate surface area is 126 Å². The molecule has 2 N–H and O–H groups in total. The van der Waals surface area contributed by atoms with Gasteiger partial charge in [0.25, 0.3) is 0 Å². The second-order valence-corrected chi connectivity index (χ2v) is 5.41. The quantitative estimate of drug-likeness (QED) is 0.731. The molecule has 1 aromatic carbocycles. The van der Waals surface area contributed by atoms with E-state index in [4.69, 9.17) is 0 Å². The van der Waals surface area contributed by atoms with E-state index in [-0.39, 0.29) is 6.04 Å². The number of benzene rings is 1. The maximum atomic E-state index is 4.65. The first kappa shape index (κ1) is 15.7. The summed E-state index contributed by atoms with van der Waals surface area (Å²) in [6.45, 7) is 6.94. The van der Waals surface area contributed by atoms with Gasteiger partial charge in [-0.25, -0.2) is 0 Å². The summed E-state index contributed by atoms with van der Waals surface area (Å²) in [7, 11) is 1.97. The molecule has 5 heteroatoms. The zero-order valence-electron chi connectivity index (χ0n) is 13.1. The number of hydrogen-bond acceptors (Lipinski definition) is 4. The van der Waals surface area contributed by atoms with Crippen LogP contribution in [0.25, 0.3) is 11.3 Å². The summed E-state index contributed by atoms with van der Waals surface area (Å²) in [5.41, 5.74) is 3.11. The van der Waals surface area contributed by atoms with Crippen molar-refractivity contribution in [3.63, 3.8) is 0 Å². The average molecular weight is 287 g/mol. The smallest absolute Gasteiger partial charge is 0.117 e. The second kappa shape index (κ2) is 7.90. The molecule has 2 rings (SSSR count). The predicted octanol–water partition coefficient (Wildman–Crippen LogP) is 2.23. The molecule has 21 heavy (non-hydrogen) atoms. The maximum Gasteiger partial charge on any atom is 0.117 e. The number of nitrogens with zero attached hydrogens (tertiary/aromatic N) is 3. The highest BCUT2D eigenvalue weighted by molar-refractivity contribution is 5.60. The lowest BCUT2D eigenvalue weighted by molar-refractivity contribution is 0.461. The van der Waals surface area contributed by atoms with Crippen LogP contribution in [0.1, 0.15) is 32.0 Å². The standard InChI is InChI=1S/C16H25N5/c1-13(2)21-19-15(12-18-11-7-10-17-3)16(20-21)14-8-5-4-6-9-14/h4-6,8-9,13,17-18H,7,10-12H2,1-3H3. The highest BCUT2D eigenvalue weighted by atomic mass is 15.5. The predicted molar refractivity (Wildman–Crippen MR) is 86.1 cm³/mol. The van der Waals surface area contributed by atoms with Crippen LogP contribution in [0.3, 0.4) is 0 Å². The van der Waals surface area contributed by atoms with Gasteiger partial charge in [0.05, 0.1) is 6.04 Å². The van der Waals surface area contributed by atoms with E-state index >= 15 is 0 Å². The summed E-state index contributed by atoms with van der Waals surface area (Å²) in [6, 6.07) is 10.5. The summed E-state index contributed by atoms with van der Waals surface area (Å²) in [5, 5.41) is 15.9. The van der Waals surface area contributed by atoms with Crippen molar-refractivity contribution in [2.45, 2.75) is 32.9 Å². The van der Waals surface area contributed by atoms with E-state index < -0.39 is 0 Å². The molecule has 0 saturated carbocycles. The summed E-state index contributed by atoms with van der Waals surface area (Å²) in [5.74, 6) is 0. The van der Waals surface area contributed by atoms with Gasteiger partial charge < -0.3 is 10.6 Å². The molecule has 1 heterocycles. The van der Waals surface area contributed by atoms with Gasteiger partial charge in [-0.1, -0.05) is 30.3 Å². The molecule has 114 valence electrons. The van der Waals surface area contributed by atoms with Crippen LogP contribution in [0, 0.1) is 0 Å². The fourth-order valence-corrected chi connectivity index (χ4v) is 2.12. The summed E-state index contributed by atoms with van der Waals surface area (Å²) < 4.78 is 0. The zero-order valence-corrected chi connectivity index (χ0v) is 13.1. The lowest BCUT2D eigenvalue weighted by Gasteiger charge is -2.04. The fraction of sp³-hybridized carbons (Fsp3) is 0.500. The minimum atomic E-state index is 0.269. The van der Waals surface area contributed by atoms with Gasteiger partial charge in [0, 0.05) is 12.1 Å². The fourth-order valence-electron chi connectivity index (χ4n) is 2.12. The van der Waals surface area contributed by atoms with E-state index in [2.05, 4.69) is 46.8 Å². The summed E-state index contributed by atoms with van der Waals surface area (Å²) >= 11 is 0. The van der Waals surface area contributed by atoms with E-state index in [1.54, 1.807) is 4.80 Å². The van der Waals surface area contributed by atoms with Crippen molar-refractivity contribution in [3.8, 4) is 11.3 Å². The third-order valence-corrected chi connectivity index (χ3v) is 3.28. The van der Waals surface area contributed by atoms with Crippen molar-refractivity contribution in [2.24, 2.45) is 0 Å². The van der Waals surface area contributed by atoms with Crippen molar-refractivity contribution in [1.82, 2.24) is 25.6 Å². The molecule has 0 radical (unpaired) electrons. The minimum absolute atomic E-state index is 0.269. The van der Waals surface area contributed by atoms with Gasteiger partial charge in [-0.2, -0.15) is 15.0 Å². The molecule has 0 atom stereocenters. The highest BCUT2D eigenvalue weighted by Gasteiger charge is 2.13. The van der Waals surface area contributed by atoms with Crippen LogP contribution in [-0.2, 0) is 6.54 Å². The second-order valence-electron chi connectivity index (χ2n) is 5.41. The Morgan fingerprint density at radius 3 is 2.52 bits per heavy atom. The van der Waals surface area contributed by atoms with Gasteiger partial charge in [0.1, 0.15) is 11.4 Å². The molecule has 0 saturated heterocycles. The molecular weight excluding hydrogens is 262 g/mol. The number of aromatic nitrogens is 3. The molecule has 0 aliphatic rings. The first-order valence-electron chi connectivity index (χ1n) is 7.59. The Morgan fingerprint density at radius 2 is 1.86 bits per heavy atom. The Morgan fingerprint density at radius 1 is 1.10 bits per heavy atom. The number of nitrogens with one attached hydrogen (secondary N) is 2. The van der Waals surface area contributed by atoms with Crippen LogP contribution in [0.2, 0.25) is 0 Å². The van der Waals surface area contributed by atoms with Gasteiger partial charge >= 0.3 is 0 Å². The third kappa shape index (κ3) is 4.37. The van der Waals surface area contributed by atoms with Crippen molar-refractivity contribution in [2.75, 3.05) is 20.1 Å². The lowest BCUT2D eigenvalue weighted by atomic mass is 10.1. The highest BCUT2D eigenvalue weighted by Crippen LogP contribution is 2.21. The zero-order chi connectivity index (χ0) is 15.1. The Bertz CT molecular complexity index is 533. The first-order chi connectivity index (χ1) is 10.2. The molecule has 0 aliphatic heterocycles. The minimum Gasteiger partial charge on any atom is -0.320 e. The first-order valence-corrected chi connectivity index (χ1v) is 7.59. The molecule has 0 amide bonds. The maximum absolute atomic E-state index is 4.65. The Hall–Kier alpha value is -1.72. The molecular formula is C16H25N5. The normalized spacial score (nSPS) is 11.2. The van der Waals surface area contributed by atoms with E-state index in [9.17, 15) is 0 Å². The molecule has 0 unspecified atom stereocenters. The lowest BCUT2D eigenvalue weighted by Crippen LogP contribution is -2.20. The summed E-state index contributed by atoms with van der Waals surface area (Å²) in [6.07, 6.45) is 1.11. The Kier molecular flexibility index (Phi) is 5.90. The molecule has 0 aliphatic carbocycles. The van der Waals surface area contributed by atoms with Crippen LogP contribution in [0.5, 0.6) is 0 Å². The molecule has 2 aromatic rings. The van der Waals surface area contributed by atoms with Crippen molar-refractivity contribution in [1.29, 1.82) is 0 Å². The van der Waals surface area contributed by atoms with E-state index in [0.717, 1.165) is 43.0 Å². The topological polar surface area (TPSA) is 54.8 Å². The van der Waals surface area contributed by atoms with Crippen LogP contribution < -0.4 is 10.6 Å². The van der Waals surface area contributed by atoms with Gasteiger partial charge in [-0.15, -0.1) is 0 Å². The Balaban J connectivity index is 2.11. The van der Waals surface area contributed by atoms with E-state index in [0.29, 0.717) is 0 Å². The number of rotatable bonds is 8.